The van der Waals surface area contributed by atoms with Crippen LogP contribution in [0.3, 0.4) is 0 Å². The summed E-state index contributed by atoms with van der Waals surface area (Å²) in [5.41, 5.74) is 21.4. The van der Waals surface area contributed by atoms with E-state index in [0.29, 0.717) is 5.82 Å². The van der Waals surface area contributed by atoms with Crippen LogP contribution in [0.15, 0.2) is 225 Å². The monoisotopic (exact) mass is 775 g/mol. The lowest BCUT2D eigenvalue weighted by molar-refractivity contribution is 0.775. The molecule has 1 spiro atoms. The van der Waals surface area contributed by atoms with Crippen LogP contribution in [0, 0.1) is 0 Å². The van der Waals surface area contributed by atoms with Crippen molar-refractivity contribution in [3.05, 3.63) is 247 Å². The molecule has 0 saturated carbocycles. The zero-order valence-corrected chi connectivity index (χ0v) is 33.2. The number of pyridine rings is 1. The summed E-state index contributed by atoms with van der Waals surface area (Å²) < 4.78 is 0. The standard InChI is InChI=1S/C58H37N3/c1-2-13-38(14-3-1)39-24-28-41(29-25-39)55-36-56(61-57(60-55)42-30-26-40(27-31-42)44-15-12-34-59-37-44)43-32-33-54-50(35-43)46-17-5-4-16-45(46)47-18-6-9-21-51(47)58(54)52-22-10-7-19-48(52)49-20-8-11-23-53(49)58/h1-37H. The summed E-state index contributed by atoms with van der Waals surface area (Å²) >= 11 is 0. The molecule has 0 N–H and O–H groups in total. The number of nitrogens with zero attached hydrogens (tertiary/aromatic N) is 3. The van der Waals surface area contributed by atoms with E-state index in [-0.39, 0.29) is 0 Å². The van der Waals surface area contributed by atoms with E-state index in [9.17, 15) is 0 Å². The first-order valence-corrected chi connectivity index (χ1v) is 20.8. The smallest absolute Gasteiger partial charge is 0.160 e. The molecule has 0 atom stereocenters. The average Bonchev–Trinajstić information content (AvgIpc) is 3.59. The fraction of sp³-hybridized carbons (Fsp3) is 0.0172. The number of rotatable bonds is 5. The summed E-state index contributed by atoms with van der Waals surface area (Å²) in [7, 11) is 0. The van der Waals surface area contributed by atoms with Crippen molar-refractivity contribution < 1.29 is 0 Å². The van der Waals surface area contributed by atoms with Gasteiger partial charge in [-0.1, -0.05) is 194 Å². The van der Waals surface area contributed by atoms with E-state index in [0.717, 1.165) is 39.2 Å². The van der Waals surface area contributed by atoms with Crippen LogP contribution in [0.2, 0.25) is 0 Å². The van der Waals surface area contributed by atoms with Gasteiger partial charge in [0.1, 0.15) is 0 Å². The highest BCUT2D eigenvalue weighted by atomic mass is 14.9. The van der Waals surface area contributed by atoms with Crippen LogP contribution in [0.25, 0.3) is 89.5 Å². The van der Waals surface area contributed by atoms with E-state index in [2.05, 4.69) is 211 Å². The van der Waals surface area contributed by atoms with Crippen molar-refractivity contribution in [2.45, 2.75) is 5.41 Å². The van der Waals surface area contributed by atoms with Crippen LogP contribution in [0.1, 0.15) is 22.3 Å². The van der Waals surface area contributed by atoms with E-state index in [4.69, 9.17) is 9.97 Å². The Kier molecular flexibility index (Phi) is 8.07. The van der Waals surface area contributed by atoms with Gasteiger partial charge in [-0.15, -0.1) is 0 Å². The summed E-state index contributed by atoms with van der Waals surface area (Å²) in [6, 6.07) is 76.9. The van der Waals surface area contributed by atoms with Gasteiger partial charge in [0.25, 0.3) is 0 Å². The van der Waals surface area contributed by atoms with Crippen molar-refractivity contribution >= 4 is 0 Å². The van der Waals surface area contributed by atoms with Crippen molar-refractivity contribution in [1.82, 2.24) is 15.0 Å². The highest BCUT2D eigenvalue weighted by Crippen LogP contribution is 2.61. The minimum Gasteiger partial charge on any atom is -0.264 e. The van der Waals surface area contributed by atoms with Gasteiger partial charge in [0.05, 0.1) is 16.8 Å². The van der Waals surface area contributed by atoms with E-state index in [1.54, 1.807) is 6.20 Å². The van der Waals surface area contributed by atoms with Gasteiger partial charge in [-0.2, -0.15) is 0 Å². The number of aromatic nitrogens is 3. The lowest BCUT2D eigenvalue weighted by Gasteiger charge is -2.35. The van der Waals surface area contributed by atoms with Crippen molar-refractivity contribution in [2.75, 3.05) is 0 Å². The largest absolute Gasteiger partial charge is 0.264 e. The molecule has 10 aromatic rings. The molecule has 0 aliphatic heterocycles. The first-order chi connectivity index (χ1) is 30.2. The zero-order valence-electron chi connectivity index (χ0n) is 33.2. The molecule has 3 heteroatoms. The predicted octanol–water partition coefficient (Wildman–Crippen LogP) is 14.2. The third-order valence-electron chi connectivity index (χ3n) is 12.7. The lowest BCUT2D eigenvalue weighted by Crippen LogP contribution is -2.29. The summed E-state index contributed by atoms with van der Waals surface area (Å²) in [5, 5.41) is 0. The third-order valence-corrected chi connectivity index (χ3v) is 12.7. The molecule has 2 aliphatic carbocycles. The SMILES string of the molecule is c1ccc(-c2ccc(-c3cc(-c4ccc5c(c4)-c4ccccc4-c4ccccc4C54c5ccccc5-c5ccccc54)nc(-c4ccc(-c5cccnc5)cc4)n3)cc2)cc1. The second-order valence-electron chi connectivity index (χ2n) is 15.9. The van der Waals surface area contributed by atoms with Gasteiger partial charge >= 0.3 is 0 Å². The van der Waals surface area contributed by atoms with Crippen LogP contribution in [0.4, 0.5) is 0 Å². The molecule has 8 aromatic carbocycles. The third kappa shape index (κ3) is 5.55. The van der Waals surface area contributed by atoms with E-state index in [1.165, 1.54) is 66.8 Å². The van der Waals surface area contributed by atoms with Crippen molar-refractivity contribution in [3.8, 4) is 89.5 Å². The molecule has 0 fully saturated rings. The Labute approximate surface area is 355 Å². The topological polar surface area (TPSA) is 38.7 Å². The zero-order chi connectivity index (χ0) is 40.3. The summed E-state index contributed by atoms with van der Waals surface area (Å²) in [4.78, 5) is 15.0. The van der Waals surface area contributed by atoms with Crippen LogP contribution >= 0.6 is 0 Å². The molecule has 12 rings (SSSR count). The van der Waals surface area contributed by atoms with Crippen LogP contribution in [-0.4, -0.2) is 15.0 Å². The maximum Gasteiger partial charge on any atom is 0.160 e. The van der Waals surface area contributed by atoms with Gasteiger partial charge in [0, 0.05) is 29.1 Å². The average molecular weight is 776 g/mol. The molecule has 2 heterocycles. The Morgan fingerprint density at radius 1 is 0.279 bits per heavy atom. The minimum absolute atomic E-state index is 0.533. The minimum atomic E-state index is -0.533. The molecule has 2 aliphatic rings. The van der Waals surface area contributed by atoms with Crippen molar-refractivity contribution in [2.24, 2.45) is 0 Å². The van der Waals surface area contributed by atoms with Gasteiger partial charge in [0.15, 0.2) is 5.82 Å². The Morgan fingerprint density at radius 3 is 1.31 bits per heavy atom. The second kappa shape index (κ2) is 14.1. The van der Waals surface area contributed by atoms with Gasteiger partial charge in [-0.05, 0) is 96.1 Å². The molecule has 2 aromatic heterocycles. The Hall–Kier alpha value is -8.01. The molecule has 0 amide bonds. The van der Waals surface area contributed by atoms with E-state index < -0.39 is 5.41 Å². The molecule has 3 nitrogen and oxygen atoms in total. The number of fused-ring (bicyclic) bond motifs is 12. The summed E-state index contributed by atoms with van der Waals surface area (Å²) in [6.07, 6.45) is 3.70. The number of hydrogen-bond donors (Lipinski definition) is 0. The van der Waals surface area contributed by atoms with Crippen LogP contribution in [-0.2, 0) is 5.41 Å². The van der Waals surface area contributed by atoms with Gasteiger partial charge in [-0.25, -0.2) is 9.97 Å². The predicted molar refractivity (Wildman–Crippen MR) is 249 cm³/mol. The van der Waals surface area contributed by atoms with Gasteiger partial charge in [-0.3, -0.25) is 4.98 Å². The highest BCUT2D eigenvalue weighted by molar-refractivity contribution is 5.98. The summed E-state index contributed by atoms with van der Waals surface area (Å²) in [5.74, 6) is 0.676. The van der Waals surface area contributed by atoms with E-state index in [1.807, 2.05) is 12.3 Å². The molecule has 61 heavy (non-hydrogen) atoms. The molecule has 0 unspecified atom stereocenters. The molecule has 284 valence electrons. The first-order valence-electron chi connectivity index (χ1n) is 20.8. The summed E-state index contributed by atoms with van der Waals surface area (Å²) in [6.45, 7) is 0. The van der Waals surface area contributed by atoms with E-state index >= 15 is 0 Å². The molecule has 0 radical (unpaired) electrons. The van der Waals surface area contributed by atoms with Crippen LogP contribution < -0.4 is 0 Å². The van der Waals surface area contributed by atoms with Crippen LogP contribution in [0.5, 0.6) is 0 Å². The fourth-order valence-electron chi connectivity index (χ4n) is 9.89. The highest BCUT2D eigenvalue weighted by Gasteiger charge is 2.49. The van der Waals surface area contributed by atoms with Gasteiger partial charge in [0.2, 0.25) is 0 Å². The second-order valence-corrected chi connectivity index (χ2v) is 15.9. The molecular weight excluding hydrogens is 739 g/mol. The maximum atomic E-state index is 5.37. The quantitative estimate of drug-likeness (QED) is 0.175. The fourth-order valence-corrected chi connectivity index (χ4v) is 9.89. The Morgan fingerprint density at radius 2 is 0.705 bits per heavy atom. The Balaban J connectivity index is 1.08. The van der Waals surface area contributed by atoms with Crippen molar-refractivity contribution in [3.63, 3.8) is 0 Å². The molecular formula is C58H37N3. The number of hydrogen-bond acceptors (Lipinski definition) is 3. The molecule has 0 saturated heterocycles. The number of benzene rings is 8. The lowest BCUT2D eigenvalue weighted by atomic mass is 9.66. The Bertz CT molecular complexity index is 3130. The molecule has 0 bridgehead atoms. The normalized spacial score (nSPS) is 12.7. The van der Waals surface area contributed by atoms with Crippen molar-refractivity contribution in [1.29, 1.82) is 0 Å². The maximum absolute atomic E-state index is 5.37. The first kappa shape index (κ1) is 35.0. The van der Waals surface area contributed by atoms with Gasteiger partial charge < -0.3 is 0 Å².